The summed E-state index contributed by atoms with van der Waals surface area (Å²) in [6.45, 7) is 1.92. The van der Waals surface area contributed by atoms with Crippen molar-refractivity contribution in [1.29, 1.82) is 0 Å². The molecule has 7 heteroatoms. The molecule has 3 N–H and O–H groups in total. The monoisotopic (exact) mass is 380 g/mol. The van der Waals surface area contributed by atoms with Crippen molar-refractivity contribution in [1.82, 2.24) is 5.32 Å². The molecule has 0 unspecified atom stereocenters. The molecule has 26 heavy (non-hydrogen) atoms. The first-order valence-electron chi connectivity index (χ1n) is 8.79. The molecule has 3 rings (SSSR count). The van der Waals surface area contributed by atoms with Crippen LogP contribution in [0.2, 0.25) is 0 Å². The first-order valence-corrected chi connectivity index (χ1v) is 8.79. The number of carbonyl (C=O) groups excluding carboxylic acids is 1. The van der Waals surface area contributed by atoms with E-state index in [-0.39, 0.29) is 42.6 Å². The largest absolute Gasteiger partial charge is 0.484 e. The number of aryl methyl sites for hydroxylation is 1. The van der Waals surface area contributed by atoms with E-state index in [0.29, 0.717) is 11.3 Å². The van der Waals surface area contributed by atoms with Crippen LogP contribution >= 0.6 is 12.4 Å². The Labute approximate surface area is 158 Å². The Morgan fingerprint density at radius 1 is 1.27 bits per heavy atom. The van der Waals surface area contributed by atoms with Crippen LogP contribution in [0.1, 0.15) is 38.2 Å². The summed E-state index contributed by atoms with van der Waals surface area (Å²) < 4.78 is 10.8. The lowest BCUT2D eigenvalue weighted by molar-refractivity contribution is -0.124. The van der Waals surface area contributed by atoms with Crippen molar-refractivity contribution in [3.8, 4) is 5.75 Å². The van der Waals surface area contributed by atoms with Crippen LogP contribution in [-0.2, 0) is 11.2 Å². The lowest BCUT2D eigenvalue weighted by atomic mass is 9.92. The second-order valence-corrected chi connectivity index (χ2v) is 6.57. The third-order valence-electron chi connectivity index (χ3n) is 4.69. The SMILES string of the molecule is CCc1cc(=O)oc2cc(OCC(=O)NC3CCC(N)CC3)ccc12.Cl. The Morgan fingerprint density at radius 2 is 2.00 bits per heavy atom. The smallest absolute Gasteiger partial charge is 0.336 e. The van der Waals surface area contributed by atoms with Gasteiger partial charge >= 0.3 is 5.63 Å². The number of halogens is 1. The van der Waals surface area contributed by atoms with Crippen LogP contribution in [0, 0.1) is 0 Å². The zero-order chi connectivity index (χ0) is 17.8. The van der Waals surface area contributed by atoms with Crippen LogP contribution in [0.4, 0.5) is 0 Å². The number of hydrogen-bond donors (Lipinski definition) is 2. The van der Waals surface area contributed by atoms with Gasteiger partial charge in [0.1, 0.15) is 11.3 Å². The van der Waals surface area contributed by atoms with Gasteiger partial charge in [-0.1, -0.05) is 6.92 Å². The minimum absolute atomic E-state index is 0. The number of carbonyl (C=O) groups is 1. The lowest BCUT2D eigenvalue weighted by Gasteiger charge is -2.26. The first kappa shape index (κ1) is 20.3. The fraction of sp³-hybridized carbons (Fsp3) is 0.474. The van der Waals surface area contributed by atoms with Crippen LogP contribution in [-0.4, -0.2) is 24.6 Å². The molecule has 1 fully saturated rings. The van der Waals surface area contributed by atoms with Gasteiger partial charge in [0.15, 0.2) is 6.61 Å². The normalized spacial score (nSPS) is 19.6. The zero-order valence-corrected chi connectivity index (χ0v) is 15.6. The lowest BCUT2D eigenvalue weighted by Crippen LogP contribution is -2.42. The van der Waals surface area contributed by atoms with Crippen LogP contribution < -0.4 is 21.4 Å². The maximum atomic E-state index is 12.0. The van der Waals surface area contributed by atoms with Crippen molar-refractivity contribution >= 4 is 29.3 Å². The molecule has 6 nitrogen and oxygen atoms in total. The Hall–Kier alpha value is -2.05. The van der Waals surface area contributed by atoms with E-state index in [2.05, 4.69) is 5.32 Å². The fourth-order valence-electron chi connectivity index (χ4n) is 3.27. The highest BCUT2D eigenvalue weighted by molar-refractivity contribution is 5.85. The van der Waals surface area contributed by atoms with E-state index in [9.17, 15) is 9.59 Å². The molecule has 0 spiro atoms. The van der Waals surface area contributed by atoms with Crippen molar-refractivity contribution in [2.75, 3.05) is 6.61 Å². The topological polar surface area (TPSA) is 94.6 Å². The van der Waals surface area contributed by atoms with Crippen LogP contribution in [0.25, 0.3) is 11.0 Å². The van der Waals surface area contributed by atoms with E-state index in [1.165, 1.54) is 6.07 Å². The zero-order valence-electron chi connectivity index (χ0n) is 14.8. The molecular formula is C19H25ClN2O4. The summed E-state index contributed by atoms with van der Waals surface area (Å²) in [5.41, 5.74) is 6.90. The summed E-state index contributed by atoms with van der Waals surface area (Å²) in [6, 6.07) is 7.23. The Bertz CT molecular complexity index is 813. The average molecular weight is 381 g/mol. The molecule has 1 aliphatic carbocycles. The van der Waals surface area contributed by atoms with Gasteiger partial charge in [-0.15, -0.1) is 12.4 Å². The van der Waals surface area contributed by atoms with E-state index in [0.717, 1.165) is 43.1 Å². The van der Waals surface area contributed by atoms with Crippen LogP contribution in [0.3, 0.4) is 0 Å². The van der Waals surface area contributed by atoms with E-state index < -0.39 is 0 Å². The van der Waals surface area contributed by atoms with Crippen molar-refractivity contribution in [2.45, 2.75) is 51.1 Å². The highest BCUT2D eigenvalue weighted by Crippen LogP contribution is 2.23. The highest BCUT2D eigenvalue weighted by Gasteiger charge is 2.20. The van der Waals surface area contributed by atoms with Crippen molar-refractivity contribution in [3.05, 3.63) is 40.2 Å². The van der Waals surface area contributed by atoms with Gasteiger partial charge < -0.3 is 20.2 Å². The third kappa shape index (κ3) is 4.99. The number of rotatable bonds is 5. The summed E-state index contributed by atoms with van der Waals surface area (Å²) in [5, 5.41) is 3.87. The van der Waals surface area contributed by atoms with Crippen LogP contribution in [0.5, 0.6) is 5.75 Å². The molecule has 2 aromatic rings. The summed E-state index contributed by atoms with van der Waals surface area (Å²) >= 11 is 0. The Kier molecular flexibility index (Phi) is 7.06. The Balaban J connectivity index is 0.00000243. The van der Waals surface area contributed by atoms with Gasteiger partial charge in [-0.25, -0.2) is 4.79 Å². The number of nitrogens with one attached hydrogen (secondary N) is 1. The predicted octanol–water partition coefficient (Wildman–Crippen LogP) is 2.54. The number of ether oxygens (including phenoxy) is 1. The summed E-state index contributed by atoms with van der Waals surface area (Å²) in [6.07, 6.45) is 4.45. The predicted molar refractivity (Wildman–Crippen MR) is 103 cm³/mol. The van der Waals surface area contributed by atoms with Crippen molar-refractivity contribution in [3.63, 3.8) is 0 Å². The molecule has 0 bridgehead atoms. The highest BCUT2D eigenvalue weighted by atomic mass is 35.5. The molecule has 1 saturated carbocycles. The number of fused-ring (bicyclic) bond motifs is 1. The van der Waals surface area contributed by atoms with Gasteiger partial charge in [0, 0.05) is 29.6 Å². The van der Waals surface area contributed by atoms with E-state index >= 15 is 0 Å². The summed E-state index contributed by atoms with van der Waals surface area (Å²) in [7, 11) is 0. The van der Waals surface area contributed by atoms with Crippen molar-refractivity contribution in [2.24, 2.45) is 5.73 Å². The van der Waals surface area contributed by atoms with Gasteiger partial charge in [0.2, 0.25) is 0 Å². The molecule has 1 aromatic carbocycles. The van der Waals surface area contributed by atoms with Gasteiger partial charge in [-0.3, -0.25) is 4.79 Å². The molecule has 1 heterocycles. The third-order valence-corrected chi connectivity index (χ3v) is 4.69. The Morgan fingerprint density at radius 3 is 2.69 bits per heavy atom. The number of amides is 1. The maximum absolute atomic E-state index is 12.0. The van der Waals surface area contributed by atoms with Crippen molar-refractivity contribution < 1.29 is 13.9 Å². The molecule has 142 valence electrons. The number of benzene rings is 1. The molecule has 1 aromatic heterocycles. The molecule has 0 atom stereocenters. The molecule has 0 saturated heterocycles. The standard InChI is InChI=1S/C19H24N2O4.ClH/c1-2-12-9-19(23)25-17-10-15(7-8-16(12)17)24-11-18(22)21-14-5-3-13(20)4-6-14;/h7-10,13-14H,2-6,11,20H2,1H3,(H,21,22);1H. The summed E-state index contributed by atoms with van der Waals surface area (Å²) in [5.74, 6) is 0.356. The summed E-state index contributed by atoms with van der Waals surface area (Å²) in [4.78, 5) is 23.6. The van der Waals surface area contributed by atoms with Gasteiger partial charge in [-0.2, -0.15) is 0 Å². The first-order chi connectivity index (χ1) is 12.0. The molecule has 1 amide bonds. The van der Waals surface area contributed by atoms with Gasteiger partial charge in [0.05, 0.1) is 0 Å². The van der Waals surface area contributed by atoms with E-state index in [1.54, 1.807) is 12.1 Å². The second-order valence-electron chi connectivity index (χ2n) is 6.57. The van der Waals surface area contributed by atoms with Gasteiger partial charge in [0.25, 0.3) is 5.91 Å². The number of nitrogens with two attached hydrogens (primary N) is 1. The average Bonchev–Trinajstić information content (AvgIpc) is 2.60. The fourth-order valence-corrected chi connectivity index (χ4v) is 3.27. The molecule has 0 aliphatic heterocycles. The van der Waals surface area contributed by atoms with Gasteiger partial charge in [-0.05, 0) is 49.8 Å². The van der Waals surface area contributed by atoms with E-state index in [4.69, 9.17) is 14.9 Å². The van der Waals surface area contributed by atoms with E-state index in [1.807, 2.05) is 13.0 Å². The minimum Gasteiger partial charge on any atom is -0.484 e. The molecular weight excluding hydrogens is 356 g/mol. The molecule has 1 aliphatic rings. The maximum Gasteiger partial charge on any atom is 0.336 e. The minimum atomic E-state index is -0.380. The molecule has 0 radical (unpaired) electrons. The van der Waals surface area contributed by atoms with Crippen LogP contribution in [0.15, 0.2) is 33.5 Å². The number of hydrogen-bond acceptors (Lipinski definition) is 5. The second kappa shape index (κ2) is 9.05. The quantitative estimate of drug-likeness (QED) is 0.777.